The number of aromatic nitrogens is 3. The highest BCUT2D eigenvalue weighted by atomic mass is 16.2. The van der Waals surface area contributed by atoms with Crippen LogP contribution >= 0.6 is 0 Å². The number of nitrogens with zero attached hydrogens (tertiary/aromatic N) is 5. The molecule has 9 nitrogen and oxygen atoms in total. The van der Waals surface area contributed by atoms with Crippen LogP contribution in [0.3, 0.4) is 0 Å². The van der Waals surface area contributed by atoms with Crippen molar-refractivity contribution in [1.82, 2.24) is 13.7 Å². The van der Waals surface area contributed by atoms with Crippen molar-refractivity contribution < 1.29 is 0 Å². The molecular formula is C25H33N7O2. The Morgan fingerprint density at radius 1 is 1.26 bits per heavy atom. The van der Waals surface area contributed by atoms with Gasteiger partial charge < -0.3 is 20.9 Å². The zero-order valence-electron chi connectivity index (χ0n) is 20.1. The van der Waals surface area contributed by atoms with E-state index in [1.54, 1.807) is 25.3 Å². The number of piperidine rings is 1. The second kappa shape index (κ2) is 10.4. The van der Waals surface area contributed by atoms with Gasteiger partial charge in [-0.1, -0.05) is 30.4 Å². The first-order chi connectivity index (χ1) is 16.2. The maximum atomic E-state index is 13.8. The van der Waals surface area contributed by atoms with Crippen LogP contribution in [-0.2, 0) is 20.1 Å². The summed E-state index contributed by atoms with van der Waals surface area (Å²) in [6.07, 6.45) is 10.1. The number of hydrogen-bond donors (Lipinski definition) is 2. The van der Waals surface area contributed by atoms with Gasteiger partial charge in [-0.05, 0) is 44.5 Å². The molecule has 1 saturated heterocycles. The van der Waals surface area contributed by atoms with Gasteiger partial charge in [-0.3, -0.25) is 13.9 Å². The fraction of sp³-hybridized carbons (Fsp3) is 0.400. The third kappa shape index (κ3) is 4.63. The number of fused-ring (bicyclic) bond motifs is 1. The molecule has 0 unspecified atom stereocenters. The number of allylic oxidation sites excluding steroid dienone is 6. The highest BCUT2D eigenvalue weighted by Gasteiger charge is 2.29. The number of anilines is 1. The van der Waals surface area contributed by atoms with E-state index in [0.717, 1.165) is 25.0 Å². The fourth-order valence-electron chi connectivity index (χ4n) is 4.47. The molecular weight excluding hydrogens is 430 g/mol. The van der Waals surface area contributed by atoms with Crippen molar-refractivity contribution in [2.24, 2.45) is 18.5 Å². The Morgan fingerprint density at radius 2 is 2.00 bits per heavy atom. The Labute approximate surface area is 199 Å². The normalized spacial score (nSPS) is 16.7. The van der Waals surface area contributed by atoms with E-state index in [0.29, 0.717) is 41.1 Å². The monoisotopic (exact) mass is 463 g/mol. The van der Waals surface area contributed by atoms with Gasteiger partial charge in [0.05, 0.1) is 12.1 Å². The van der Waals surface area contributed by atoms with Crippen LogP contribution in [0.4, 0.5) is 5.82 Å². The minimum absolute atomic E-state index is 0.0228. The van der Waals surface area contributed by atoms with E-state index in [1.807, 2.05) is 24.5 Å². The van der Waals surface area contributed by atoms with Gasteiger partial charge in [-0.15, -0.1) is 0 Å². The van der Waals surface area contributed by atoms with Gasteiger partial charge in [-0.25, -0.2) is 4.79 Å². The zero-order valence-corrected chi connectivity index (χ0v) is 20.1. The Balaban J connectivity index is 2.41. The molecule has 1 aliphatic heterocycles. The van der Waals surface area contributed by atoms with Gasteiger partial charge in [0.2, 0.25) is 0 Å². The number of rotatable bonds is 7. The van der Waals surface area contributed by atoms with Gasteiger partial charge >= 0.3 is 5.69 Å². The minimum Gasteiger partial charge on any atom is -0.405 e. The van der Waals surface area contributed by atoms with Crippen molar-refractivity contribution >= 4 is 16.9 Å². The predicted octanol–water partition coefficient (Wildman–Crippen LogP) is 1.85. The summed E-state index contributed by atoms with van der Waals surface area (Å²) in [5, 5.41) is 10.2. The van der Waals surface area contributed by atoms with Crippen molar-refractivity contribution in [2.75, 3.05) is 18.0 Å². The van der Waals surface area contributed by atoms with Crippen molar-refractivity contribution in [2.45, 2.75) is 45.8 Å². The van der Waals surface area contributed by atoms with Gasteiger partial charge in [0.1, 0.15) is 23.0 Å². The van der Waals surface area contributed by atoms with Gasteiger partial charge in [0.25, 0.3) is 5.56 Å². The van der Waals surface area contributed by atoms with E-state index in [-0.39, 0.29) is 12.6 Å². The van der Waals surface area contributed by atoms with Crippen molar-refractivity contribution in [3.05, 3.63) is 74.6 Å². The SMILES string of the molecule is C=C/C=C(\C=C/N)Cn1c(=O)c2c(c(C#N)c(N3CCC[C@H](N)C3)n2CC=C(C)C)n(C)c1=O. The highest BCUT2D eigenvalue weighted by Crippen LogP contribution is 2.32. The quantitative estimate of drug-likeness (QED) is 0.476. The molecule has 0 radical (unpaired) electrons. The molecule has 0 aliphatic carbocycles. The molecule has 1 fully saturated rings. The third-order valence-electron chi connectivity index (χ3n) is 6.05. The molecule has 3 rings (SSSR count). The maximum Gasteiger partial charge on any atom is 0.331 e. The smallest absolute Gasteiger partial charge is 0.331 e. The van der Waals surface area contributed by atoms with Gasteiger partial charge in [0, 0.05) is 32.7 Å². The maximum absolute atomic E-state index is 13.8. The summed E-state index contributed by atoms with van der Waals surface area (Å²) in [6, 6.07) is 2.25. The molecule has 3 heterocycles. The summed E-state index contributed by atoms with van der Waals surface area (Å²) in [7, 11) is 1.59. The number of hydrogen-bond acceptors (Lipinski definition) is 6. The Morgan fingerprint density at radius 3 is 2.59 bits per heavy atom. The average molecular weight is 464 g/mol. The zero-order chi connectivity index (χ0) is 25.0. The minimum atomic E-state index is -0.504. The lowest BCUT2D eigenvalue weighted by Gasteiger charge is -2.33. The van der Waals surface area contributed by atoms with Crippen LogP contribution in [0.1, 0.15) is 32.3 Å². The molecule has 0 bridgehead atoms. The topological polar surface area (TPSA) is 128 Å². The summed E-state index contributed by atoms with van der Waals surface area (Å²) in [4.78, 5) is 29.1. The van der Waals surface area contributed by atoms with Crippen LogP contribution in [0.15, 0.2) is 57.8 Å². The molecule has 2 aromatic heterocycles. The van der Waals surface area contributed by atoms with Gasteiger partial charge in [0.15, 0.2) is 0 Å². The summed E-state index contributed by atoms with van der Waals surface area (Å²) in [6.45, 7) is 9.38. The van der Waals surface area contributed by atoms with Crippen LogP contribution in [0, 0.1) is 11.3 Å². The summed E-state index contributed by atoms with van der Waals surface area (Å²) in [5.74, 6) is 0.638. The molecule has 0 amide bonds. The van der Waals surface area contributed by atoms with Crippen LogP contribution in [0.5, 0.6) is 0 Å². The molecule has 0 saturated carbocycles. The first-order valence-corrected chi connectivity index (χ1v) is 11.3. The van der Waals surface area contributed by atoms with Crippen LogP contribution < -0.4 is 27.6 Å². The van der Waals surface area contributed by atoms with Crippen molar-refractivity contribution in [3.63, 3.8) is 0 Å². The molecule has 1 aliphatic rings. The van der Waals surface area contributed by atoms with Crippen molar-refractivity contribution in [3.8, 4) is 6.07 Å². The number of nitrogens with two attached hydrogens (primary N) is 2. The Hall–Kier alpha value is -3.77. The molecule has 9 heteroatoms. The molecule has 4 N–H and O–H groups in total. The first-order valence-electron chi connectivity index (χ1n) is 11.3. The second-order valence-corrected chi connectivity index (χ2v) is 8.82. The van der Waals surface area contributed by atoms with E-state index >= 15 is 0 Å². The Kier molecular flexibility index (Phi) is 7.64. The van der Waals surface area contributed by atoms with E-state index in [2.05, 4.69) is 17.5 Å². The molecule has 2 aromatic rings. The summed E-state index contributed by atoms with van der Waals surface area (Å²) in [5.41, 5.74) is 13.5. The van der Waals surface area contributed by atoms with Gasteiger partial charge in [-0.2, -0.15) is 5.26 Å². The van der Waals surface area contributed by atoms with E-state index < -0.39 is 11.2 Å². The largest absolute Gasteiger partial charge is 0.405 e. The third-order valence-corrected chi connectivity index (χ3v) is 6.05. The molecule has 1 atom stereocenters. The predicted molar refractivity (Wildman–Crippen MR) is 137 cm³/mol. The second-order valence-electron chi connectivity index (χ2n) is 8.82. The number of nitriles is 1. The number of aryl methyl sites for hydroxylation is 1. The van der Waals surface area contributed by atoms with Crippen LogP contribution in [0.2, 0.25) is 0 Å². The highest BCUT2D eigenvalue weighted by molar-refractivity contribution is 5.90. The Bertz CT molecular complexity index is 1340. The summed E-state index contributed by atoms with van der Waals surface area (Å²) < 4.78 is 4.41. The van der Waals surface area contributed by atoms with E-state index in [9.17, 15) is 14.9 Å². The lowest BCUT2D eigenvalue weighted by molar-refractivity contribution is 0.498. The molecule has 180 valence electrons. The van der Waals surface area contributed by atoms with E-state index in [1.165, 1.54) is 15.3 Å². The fourth-order valence-corrected chi connectivity index (χ4v) is 4.47. The average Bonchev–Trinajstić information content (AvgIpc) is 3.13. The molecule has 0 aromatic carbocycles. The van der Waals surface area contributed by atoms with Crippen LogP contribution in [0.25, 0.3) is 11.0 Å². The standard InChI is InChI=1S/C25H33N7O2/c1-5-7-18(9-11-26)15-32-24(33)22-21(29(4)25(32)34)20(14-27)23(31(22)13-10-17(2)3)30-12-6-8-19(28)16-30/h5,7,9-11,19H,1,6,8,12-13,15-16,26,28H2,2-4H3/b11-9-,18-7+/t19-/m0/s1. The van der Waals surface area contributed by atoms with Crippen LogP contribution in [-0.4, -0.2) is 32.8 Å². The van der Waals surface area contributed by atoms with E-state index in [4.69, 9.17) is 11.5 Å². The molecule has 34 heavy (non-hydrogen) atoms. The summed E-state index contributed by atoms with van der Waals surface area (Å²) >= 11 is 0. The van der Waals surface area contributed by atoms with Crippen molar-refractivity contribution in [1.29, 1.82) is 5.26 Å². The lowest BCUT2D eigenvalue weighted by atomic mass is 10.1. The first kappa shape index (κ1) is 24.9. The lowest BCUT2D eigenvalue weighted by Crippen LogP contribution is -2.44. The molecule has 0 spiro atoms.